The van der Waals surface area contributed by atoms with Crippen LogP contribution in [0, 0.1) is 0 Å². The minimum absolute atomic E-state index is 0.0626. The summed E-state index contributed by atoms with van der Waals surface area (Å²) in [5.74, 6) is -0.584. The first-order valence-electron chi connectivity index (χ1n) is 6.82. The molecule has 21 heavy (non-hydrogen) atoms. The Morgan fingerprint density at radius 3 is 2.48 bits per heavy atom. The molecule has 5 nitrogen and oxygen atoms in total. The summed E-state index contributed by atoms with van der Waals surface area (Å²) in [7, 11) is 0. The Bertz CT molecular complexity index is 473. The third kappa shape index (κ3) is 5.83. The average Bonchev–Trinajstić information content (AvgIpc) is 2.43. The Balaban J connectivity index is 2.48. The lowest BCUT2D eigenvalue weighted by Gasteiger charge is -2.19. The standard InChI is InChI=1S/C15H20ClNO4/c1-3-21-15(20)14(10(2)18)17-9-8-13(19)11-4-6-12(16)7-5-11/h4-7,10,14,17-18H,3,8-9H2,1-2H3/t10-,14+/m0/s1. The number of Topliss-reactive ketones (excluding diaryl/α,β-unsaturated/α-hetero) is 1. The van der Waals surface area contributed by atoms with E-state index < -0.39 is 18.1 Å². The molecular formula is C15H20ClNO4. The zero-order valence-corrected chi connectivity index (χ0v) is 12.9. The molecule has 1 rings (SSSR count). The molecule has 0 fully saturated rings. The number of ether oxygens (including phenoxy) is 1. The second-order valence-corrected chi connectivity index (χ2v) is 5.04. The molecule has 0 bridgehead atoms. The fraction of sp³-hybridized carbons (Fsp3) is 0.467. The van der Waals surface area contributed by atoms with Gasteiger partial charge in [0, 0.05) is 23.6 Å². The molecule has 0 radical (unpaired) electrons. The SMILES string of the molecule is CCOC(=O)[C@H](NCCC(=O)c1ccc(Cl)cc1)[C@H](C)O. The summed E-state index contributed by atoms with van der Waals surface area (Å²) < 4.78 is 4.86. The predicted octanol–water partition coefficient (Wildman–Crippen LogP) is 1.81. The Kier molecular flexibility index (Phi) is 7.36. The topological polar surface area (TPSA) is 75.6 Å². The van der Waals surface area contributed by atoms with Crippen LogP contribution in [0.5, 0.6) is 0 Å². The van der Waals surface area contributed by atoms with Crippen LogP contribution in [0.25, 0.3) is 0 Å². The van der Waals surface area contributed by atoms with E-state index in [4.69, 9.17) is 16.3 Å². The fourth-order valence-corrected chi connectivity index (χ4v) is 1.93. The minimum Gasteiger partial charge on any atom is -0.465 e. The molecule has 0 heterocycles. The van der Waals surface area contributed by atoms with Crippen molar-refractivity contribution in [3.05, 3.63) is 34.9 Å². The lowest BCUT2D eigenvalue weighted by atomic mass is 10.1. The van der Waals surface area contributed by atoms with Gasteiger partial charge in [0.05, 0.1) is 12.7 Å². The molecule has 2 atom stereocenters. The van der Waals surface area contributed by atoms with Crippen molar-refractivity contribution in [3.8, 4) is 0 Å². The Morgan fingerprint density at radius 2 is 1.95 bits per heavy atom. The molecule has 6 heteroatoms. The van der Waals surface area contributed by atoms with Gasteiger partial charge in [0.15, 0.2) is 5.78 Å². The summed E-state index contributed by atoms with van der Waals surface area (Å²) >= 11 is 5.76. The number of hydrogen-bond donors (Lipinski definition) is 2. The van der Waals surface area contributed by atoms with Crippen molar-refractivity contribution in [1.29, 1.82) is 0 Å². The molecule has 1 aromatic rings. The molecule has 0 aliphatic rings. The zero-order valence-electron chi connectivity index (χ0n) is 12.1. The van der Waals surface area contributed by atoms with E-state index >= 15 is 0 Å². The van der Waals surface area contributed by atoms with Crippen LogP contribution in [0.4, 0.5) is 0 Å². The summed E-state index contributed by atoms with van der Waals surface area (Å²) in [6, 6.07) is 5.78. The fourth-order valence-electron chi connectivity index (χ4n) is 1.80. The largest absolute Gasteiger partial charge is 0.465 e. The highest BCUT2D eigenvalue weighted by Crippen LogP contribution is 2.11. The maximum absolute atomic E-state index is 11.9. The molecule has 0 saturated heterocycles. The van der Waals surface area contributed by atoms with Crippen molar-refractivity contribution in [2.75, 3.05) is 13.2 Å². The van der Waals surface area contributed by atoms with Crippen molar-refractivity contribution in [2.45, 2.75) is 32.4 Å². The summed E-state index contributed by atoms with van der Waals surface area (Å²) in [5, 5.41) is 13.0. The van der Waals surface area contributed by atoms with Crippen LogP contribution in [-0.4, -0.2) is 42.2 Å². The average molecular weight is 314 g/mol. The van der Waals surface area contributed by atoms with E-state index in [-0.39, 0.29) is 25.4 Å². The molecule has 0 unspecified atom stereocenters. The Labute approximate surface area is 129 Å². The molecule has 0 spiro atoms. The van der Waals surface area contributed by atoms with E-state index in [0.717, 1.165) is 0 Å². The van der Waals surface area contributed by atoms with Crippen LogP contribution in [0.1, 0.15) is 30.6 Å². The highest BCUT2D eigenvalue weighted by Gasteiger charge is 2.24. The van der Waals surface area contributed by atoms with Gasteiger partial charge in [-0.15, -0.1) is 0 Å². The summed E-state index contributed by atoms with van der Waals surface area (Å²) in [6.07, 6.45) is -0.681. The van der Waals surface area contributed by atoms with Crippen LogP contribution in [0.15, 0.2) is 24.3 Å². The number of hydrogen-bond acceptors (Lipinski definition) is 5. The number of esters is 1. The second kappa shape index (κ2) is 8.77. The smallest absolute Gasteiger partial charge is 0.325 e. The molecule has 116 valence electrons. The Morgan fingerprint density at radius 1 is 1.33 bits per heavy atom. The van der Waals surface area contributed by atoms with Crippen molar-refractivity contribution in [3.63, 3.8) is 0 Å². The van der Waals surface area contributed by atoms with Crippen LogP contribution in [0.3, 0.4) is 0 Å². The molecule has 0 saturated carbocycles. The lowest BCUT2D eigenvalue weighted by molar-refractivity contribution is -0.148. The van der Waals surface area contributed by atoms with Gasteiger partial charge in [-0.3, -0.25) is 9.59 Å². The first-order valence-corrected chi connectivity index (χ1v) is 7.20. The lowest BCUT2D eigenvalue weighted by Crippen LogP contribution is -2.46. The zero-order chi connectivity index (χ0) is 15.8. The van der Waals surface area contributed by atoms with Crippen LogP contribution < -0.4 is 5.32 Å². The predicted molar refractivity (Wildman–Crippen MR) is 80.5 cm³/mol. The van der Waals surface area contributed by atoms with E-state index in [1.54, 1.807) is 31.2 Å². The van der Waals surface area contributed by atoms with Gasteiger partial charge in [0.1, 0.15) is 6.04 Å². The van der Waals surface area contributed by atoms with Gasteiger partial charge >= 0.3 is 5.97 Å². The molecule has 1 aromatic carbocycles. The van der Waals surface area contributed by atoms with Gasteiger partial charge in [-0.1, -0.05) is 11.6 Å². The first-order chi connectivity index (χ1) is 9.95. The molecule has 0 amide bonds. The maximum atomic E-state index is 11.9. The third-order valence-corrected chi connectivity index (χ3v) is 3.16. The van der Waals surface area contributed by atoms with Crippen LogP contribution >= 0.6 is 11.6 Å². The van der Waals surface area contributed by atoms with E-state index in [9.17, 15) is 14.7 Å². The molecular weight excluding hydrogens is 294 g/mol. The minimum atomic E-state index is -0.894. The van der Waals surface area contributed by atoms with Gasteiger partial charge in [-0.25, -0.2) is 0 Å². The highest BCUT2D eigenvalue weighted by molar-refractivity contribution is 6.30. The van der Waals surface area contributed by atoms with E-state index in [0.29, 0.717) is 10.6 Å². The molecule has 2 N–H and O–H groups in total. The van der Waals surface area contributed by atoms with Gasteiger partial charge in [-0.05, 0) is 38.1 Å². The summed E-state index contributed by atoms with van der Waals surface area (Å²) in [5.41, 5.74) is 0.561. The number of carbonyl (C=O) groups is 2. The molecule has 0 aromatic heterocycles. The van der Waals surface area contributed by atoms with E-state index in [2.05, 4.69) is 5.32 Å². The monoisotopic (exact) mass is 313 g/mol. The van der Waals surface area contributed by atoms with Crippen LogP contribution in [0.2, 0.25) is 5.02 Å². The normalized spacial score (nSPS) is 13.5. The summed E-state index contributed by atoms with van der Waals surface area (Å²) in [4.78, 5) is 23.6. The number of aliphatic hydroxyl groups is 1. The number of nitrogens with one attached hydrogen (secondary N) is 1. The van der Waals surface area contributed by atoms with E-state index in [1.165, 1.54) is 6.92 Å². The quantitative estimate of drug-likeness (QED) is 0.565. The van der Waals surface area contributed by atoms with E-state index in [1.807, 2.05) is 0 Å². The maximum Gasteiger partial charge on any atom is 0.325 e. The van der Waals surface area contributed by atoms with Gasteiger partial charge in [0.25, 0.3) is 0 Å². The third-order valence-electron chi connectivity index (χ3n) is 2.91. The van der Waals surface area contributed by atoms with Gasteiger partial charge < -0.3 is 15.2 Å². The first kappa shape index (κ1) is 17.6. The number of carbonyl (C=O) groups excluding carboxylic acids is 2. The summed E-state index contributed by atoms with van der Waals surface area (Å²) in [6.45, 7) is 3.71. The van der Waals surface area contributed by atoms with Gasteiger partial charge in [0.2, 0.25) is 0 Å². The molecule has 0 aliphatic carbocycles. The highest BCUT2D eigenvalue weighted by atomic mass is 35.5. The molecule has 0 aliphatic heterocycles. The number of benzene rings is 1. The van der Waals surface area contributed by atoms with Crippen molar-refractivity contribution in [1.82, 2.24) is 5.32 Å². The number of ketones is 1. The number of aliphatic hydroxyl groups excluding tert-OH is 1. The second-order valence-electron chi connectivity index (χ2n) is 4.60. The van der Waals surface area contributed by atoms with Crippen molar-refractivity contribution in [2.24, 2.45) is 0 Å². The van der Waals surface area contributed by atoms with Crippen molar-refractivity contribution < 1.29 is 19.4 Å². The number of halogens is 1. The van der Waals surface area contributed by atoms with Crippen LogP contribution in [-0.2, 0) is 9.53 Å². The Hall–Kier alpha value is -1.43. The van der Waals surface area contributed by atoms with Crippen molar-refractivity contribution >= 4 is 23.4 Å². The van der Waals surface area contributed by atoms with Gasteiger partial charge in [-0.2, -0.15) is 0 Å². The number of rotatable bonds is 8.